The highest BCUT2D eigenvalue weighted by atomic mass is 16.6. The maximum Gasteiger partial charge on any atom is 0.410 e. The van der Waals surface area contributed by atoms with Gasteiger partial charge in [-0.1, -0.05) is 60.7 Å². The Kier molecular flexibility index (Phi) is 6.17. The molecule has 2 aromatic carbocycles. The van der Waals surface area contributed by atoms with Crippen LogP contribution < -0.4 is 0 Å². The van der Waals surface area contributed by atoms with Crippen LogP contribution in [0.25, 0.3) is 0 Å². The van der Waals surface area contributed by atoms with Crippen LogP contribution in [0.2, 0.25) is 0 Å². The molecule has 0 saturated carbocycles. The Hall–Kier alpha value is -2.33. The van der Waals surface area contributed by atoms with Gasteiger partial charge >= 0.3 is 6.09 Å². The van der Waals surface area contributed by atoms with Crippen LogP contribution in [-0.4, -0.2) is 40.6 Å². The van der Waals surface area contributed by atoms with Crippen molar-refractivity contribution in [3.8, 4) is 0 Å². The number of likely N-dealkylation sites (tertiary alicyclic amines) is 1. The summed E-state index contributed by atoms with van der Waals surface area (Å²) in [5.41, 5.74) is 2.14. The van der Waals surface area contributed by atoms with Crippen molar-refractivity contribution >= 4 is 6.09 Å². The average Bonchev–Trinajstić information content (AvgIpc) is 3.12. The first-order valence-electron chi connectivity index (χ1n) is 9.70. The summed E-state index contributed by atoms with van der Waals surface area (Å²) in [6.07, 6.45) is 0.767. The zero-order valence-corrected chi connectivity index (χ0v) is 16.6. The Balaban J connectivity index is 1.70. The lowest BCUT2D eigenvalue weighted by Crippen LogP contribution is -2.40. The summed E-state index contributed by atoms with van der Waals surface area (Å²) < 4.78 is 5.55. The van der Waals surface area contributed by atoms with Gasteiger partial charge in [0.2, 0.25) is 0 Å². The summed E-state index contributed by atoms with van der Waals surface area (Å²) in [5.74, 6) is 0. The molecular weight excluding hydrogens is 336 g/mol. The minimum Gasteiger partial charge on any atom is -0.444 e. The number of rotatable bonds is 5. The molecule has 3 rings (SSSR count). The van der Waals surface area contributed by atoms with Crippen LogP contribution in [0.1, 0.15) is 38.3 Å². The van der Waals surface area contributed by atoms with Crippen LogP contribution in [0.15, 0.2) is 60.7 Å². The lowest BCUT2D eigenvalue weighted by atomic mass is 10.1. The van der Waals surface area contributed by atoms with Crippen LogP contribution in [-0.2, 0) is 17.8 Å². The Morgan fingerprint density at radius 2 is 1.52 bits per heavy atom. The second-order valence-corrected chi connectivity index (χ2v) is 8.25. The van der Waals surface area contributed by atoms with E-state index in [-0.39, 0.29) is 6.09 Å². The van der Waals surface area contributed by atoms with Gasteiger partial charge in [0.15, 0.2) is 0 Å². The Morgan fingerprint density at radius 3 is 2.00 bits per heavy atom. The van der Waals surface area contributed by atoms with E-state index in [2.05, 4.69) is 53.4 Å². The first-order valence-corrected chi connectivity index (χ1v) is 9.70. The fraction of sp³-hybridized carbons (Fsp3) is 0.435. The molecule has 144 valence electrons. The topological polar surface area (TPSA) is 32.8 Å². The van der Waals surface area contributed by atoms with Crippen LogP contribution in [0.5, 0.6) is 0 Å². The van der Waals surface area contributed by atoms with Crippen LogP contribution in [0, 0.1) is 0 Å². The van der Waals surface area contributed by atoms with Gasteiger partial charge in [0, 0.05) is 32.2 Å². The third kappa shape index (κ3) is 5.83. The molecule has 1 atom stereocenters. The molecular formula is C23H30N2O2. The second-order valence-electron chi connectivity index (χ2n) is 8.25. The lowest BCUT2D eigenvalue weighted by molar-refractivity contribution is 0.0277. The highest BCUT2D eigenvalue weighted by Crippen LogP contribution is 2.22. The first kappa shape index (κ1) is 19.4. The lowest BCUT2D eigenvalue weighted by Gasteiger charge is -2.30. The number of benzene rings is 2. The van der Waals surface area contributed by atoms with Gasteiger partial charge in [0.05, 0.1) is 0 Å². The number of ether oxygens (including phenoxy) is 1. The second kappa shape index (κ2) is 8.57. The van der Waals surface area contributed by atoms with E-state index in [1.165, 1.54) is 11.1 Å². The molecule has 1 fully saturated rings. The van der Waals surface area contributed by atoms with Crippen LogP contribution in [0.4, 0.5) is 4.79 Å². The van der Waals surface area contributed by atoms with Gasteiger partial charge in [-0.25, -0.2) is 4.79 Å². The summed E-state index contributed by atoms with van der Waals surface area (Å²) in [5, 5.41) is 0. The van der Waals surface area contributed by atoms with Crippen LogP contribution in [0.3, 0.4) is 0 Å². The van der Waals surface area contributed by atoms with Gasteiger partial charge in [0.25, 0.3) is 0 Å². The third-order valence-electron chi connectivity index (χ3n) is 4.79. The van der Waals surface area contributed by atoms with E-state index in [1.807, 2.05) is 37.8 Å². The molecule has 2 aromatic rings. The highest BCUT2D eigenvalue weighted by Gasteiger charge is 2.32. The van der Waals surface area contributed by atoms with Crippen molar-refractivity contribution in [2.45, 2.75) is 51.9 Å². The number of amides is 1. The molecule has 1 aliphatic heterocycles. The molecule has 0 spiro atoms. The normalized spacial score (nSPS) is 17.3. The Bertz CT molecular complexity index is 684. The van der Waals surface area contributed by atoms with Gasteiger partial charge in [-0.2, -0.15) is 0 Å². The largest absolute Gasteiger partial charge is 0.444 e. The van der Waals surface area contributed by atoms with Gasteiger partial charge in [-0.15, -0.1) is 0 Å². The molecule has 27 heavy (non-hydrogen) atoms. The fourth-order valence-corrected chi connectivity index (χ4v) is 3.48. The van der Waals surface area contributed by atoms with Gasteiger partial charge in [0.1, 0.15) is 5.60 Å². The number of carbonyl (C=O) groups excluding carboxylic acids is 1. The highest BCUT2D eigenvalue weighted by molar-refractivity contribution is 5.68. The van der Waals surface area contributed by atoms with Crippen molar-refractivity contribution in [2.75, 3.05) is 13.1 Å². The molecule has 1 saturated heterocycles. The number of hydrogen-bond acceptors (Lipinski definition) is 3. The molecule has 1 aliphatic rings. The minimum atomic E-state index is -0.455. The summed E-state index contributed by atoms with van der Waals surface area (Å²) >= 11 is 0. The van der Waals surface area contributed by atoms with Crippen molar-refractivity contribution < 1.29 is 9.53 Å². The summed E-state index contributed by atoms with van der Waals surface area (Å²) in [6, 6.07) is 21.4. The molecule has 0 aromatic heterocycles. The third-order valence-corrected chi connectivity index (χ3v) is 4.79. The van der Waals surface area contributed by atoms with Crippen LogP contribution >= 0.6 is 0 Å². The number of nitrogens with zero attached hydrogens (tertiary/aromatic N) is 2. The Labute approximate surface area is 162 Å². The van der Waals surface area contributed by atoms with Crippen molar-refractivity contribution in [1.29, 1.82) is 0 Å². The van der Waals surface area contributed by atoms with Crippen molar-refractivity contribution in [3.63, 3.8) is 0 Å². The summed E-state index contributed by atoms with van der Waals surface area (Å²) in [7, 11) is 0. The number of carbonyl (C=O) groups is 1. The van der Waals surface area contributed by atoms with Crippen molar-refractivity contribution in [2.24, 2.45) is 0 Å². The first-order chi connectivity index (χ1) is 12.9. The van der Waals surface area contributed by atoms with E-state index in [4.69, 9.17) is 4.74 Å². The maximum absolute atomic E-state index is 12.4. The van der Waals surface area contributed by atoms with E-state index in [0.717, 1.165) is 26.1 Å². The molecule has 1 heterocycles. The molecule has 0 radical (unpaired) electrons. The SMILES string of the molecule is CC(C)(C)OC(=O)N1CCC(N(Cc2ccccc2)Cc2ccccc2)C1. The standard InChI is InChI=1S/C23H30N2O2/c1-23(2,3)27-22(26)24-15-14-21(18-24)25(16-19-10-6-4-7-11-19)17-20-12-8-5-9-13-20/h4-13,21H,14-18H2,1-3H3. The van der Waals surface area contributed by atoms with Crippen molar-refractivity contribution in [3.05, 3.63) is 71.8 Å². The van der Waals surface area contributed by atoms with E-state index in [0.29, 0.717) is 12.6 Å². The van der Waals surface area contributed by atoms with E-state index in [1.54, 1.807) is 0 Å². The monoisotopic (exact) mass is 366 g/mol. The zero-order chi connectivity index (χ0) is 19.3. The molecule has 4 nitrogen and oxygen atoms in total. The van der Waals surface area contributed by atoms with Crippen molar-refractivity contribution in [1.82, 2.24) is 9.80 Å². The summed E-state index contributed by atoms with van der Waals surface area (Å²) in [6.45, 7) is 8.96. The van der Waals surface area contributed by atoms with Gasteiger partial charge in [-0.3, -0.25) is 4.90 Å². The minimum absolute atomic E-state index is 0.204. The average molecular weight is 367 g/mol. The smallest absolute Gasteiger partial charge is 0.410 e. The predicted molar refractivity (Wildman–Crippen MR) is 108 cm³/mol. The van der Waals surface area contributed by atoms with E-state index < -0.39 is 5.60 Å². The van der Waals surface area contributed by atoms with Gasteiger partial charge in [-0.05, 0) is 38.3 Å². The van der Waals surface area contributed by atoms with E-state index in [9.17, 15) is 4.79 Å². The Morgan fingerprint density at radius 1 is 1.00 bits per heavy atom. The fourth-order valence-electron chi connectivity index (χ4n) is 3.48. The predicted octanol–water partition coefficient (Wildman–Crippen LogP) is 4.70. The molecule has 1 amide bonds. The van der Waals surface area contributed by atoms with Gasteiger partial charge < -0.3 is 9.64 Å². The molecule has 0 aliphatic carbocycles. The summed E-state index contributed by atoms with van der Waals surface area (Å²) in [4.78, 5) is 16.8. The molecule has 0 N–H and O–H groups in total. The quantitative estimate of drug-likeness (QED) is 0.769. The zero-order valence-electron chi connectivity index (χ0n) is 16.6. The molecule has 1 unspecified atom stereocenters. The molecule has 0 bridgehead atoms. The maximum atomic E-state index is 12.4. The molecule has 4 heteroatoms. The van der Waals surface area contributed by atoms with E-state index >= 15 is 0 Å². The number of hydrogen-bond donors (Lipinski definition) is 0.